The molecule has 0 radical (unpaired) electrons. The second kappa shape index (κ2) is 11.7. The van der Waals surface area contributed by atoms with Gasteiger partial charge in [0, 0.05) is 72.9 Å². The standard InChI is InChI=1S/C28H28ClF2N7O2/c1-16(18-4-2-3-5-22(18)30)36-26-20-10-19(23(31)11-25(20)33-14-21(26)29)17-12-34-28(35-13-17)38-8-6-37(7-9-38)27(40)24(32)15-39/h2-5,10-14,16,24,39H,6-9,15,32H2,1H3,(H,33,36). The number of benzene rings is 2. The number of fused-ring (bicyclic) bond motifs is 1. The number of nitrogens with one attached hydrogen (secondary N) is 1. The maximum absolute atomic E-state index is 15.2. The molecule has 2 aromatic heterocycles. The molecule has 3 heterocycles. The van der Waals surface area contributed by atoms with Crippen LogP contribution in [0.5, 0.6) is 0 Å². The number of pyridine rings is 1. The Bertz CT molecular complexity index is 1530. The Morgan fingerprint density at radius 1 is 1.07 bits per heavy atom. The van der Waals surface area contributed by atoms with Gasteiger partial charge in [0.05, 0.1) is 28.9 Å². The van der Waals surface area contributed by atoms with Crippen LogP contribution in [0, 0.1) is 11.6 Å². The maximum Gasteiger partial charge on any atom is 0.241 e. The zero-order valence-corrected chi connectivity index (χ0v) is 22.4. The van der Waals surface area contributed by atoms with Crippen LogP contribution in [0.25, 0.3) is 22.0 Å². The lowest BCUT2D eigenvalue weighted by molar-refractivity contribution is -0.133. The van der Waals surface area contributed by atoms with Crippen molar-refractivity contribution >= 4 is 40.0 Å². The van der Waals surface area contributed by atoms with E-state index >= 15 is 4.39 Å². The number of halogens is 3. The molecule has 2 unspecified atom stereocenters. The Hall–Kier alpha value is -3.93. The molecule has 9 nitrogen and oxygen atoms in total. The number of amides is 1. The molecule has 0 spiro atoms. The number of hydrogen-bond donors (Lipinski definition) is 3. The van der Waals surface area contributed by atoms with Crippen LogP contribution in [-0.2, 0) is 4.79 Å². The van der Waals surface area contributed by atoms with E-state index < -0.39 is 24.5 Å². The molecule has 0 saturated carbocycles. The molecule has 208 valence electrons. The summed E-state index contributed by atoms with van der Waals surface area (Å²) in [6, 6.07) is 8.07. The Morgan fingerprint density at radius 3 is 2.45 bits per heavy atom. The smallest absolute Gasteiger partial charge is 0.241 e. The van der Waals surface area contributed by atoms with Gasteiger partial charge < -0.3 is 26.0 Å². The summed E-state index contributed by atoms with van der Waals surface area (Å²) in [5.74, 6) is -0.687. The van der Waals surface area contributed by atoms with E-state index in [2.05, 4.69) is 20.3 Å². The molecule has 1 aliphatic heterocycles. The zero-order chi connectivity index (χ0) is 28.4. The molecule has 2 atom stereocenters. The van der Waals surface area contributed by atoms with Crippen LogP contribution < -0.4 is 16.0 Å². The van der Waals surface area contributed by atoms with Crippen LogP contribution in [0.3, 0.4) is 0 Å². The van der Waals surface area contributed by atoms with Gasteiger partial charge in [0.15, 0.2) is 0 Å². The summed E-state index contributed by atoms with van der Waals surface area (Å²) >= 11 is 6.49. The predicted octanol–water partition coefficient (Wildman–Crippen LogP) is 3.76. The molecule has 40 heavy (non-hydrogen) atoms. The van der Waals surface area contributed by atoms with Crippen LogP contribution in [0.15, 0.2) is 55.0 Å². The van der Waals surface area contributed by atoms with Crippen LogP contribution >= 0.6 is 11.6 Å². The zero-order valence-electron chi connectivity index (χ0n) is 21.7. The molecule has 4 aromatic rings. The quantitative estimate of drug-likeness (QED) is 0.309. The highest BCUT2D eigenvalue weighted by molar-refractivity contribution is 6.34. The predicted molar refractivity (Wildman–Crippen MR) is 150 cm³/mol. The molecule has 1 saturated heterocycles. The molecule has 2 aromatic carbocycles. The molecule has 1 fully saturated rings. The highest BCUT2D eigenvalue weighted by atomic mass is 35.5. The van der Waals surface area contributed by atoms with E-state index in [0.717, 1.165) is 0 Å². The van der Waals surface area contributed by atoms with Crippen molar-refractivity contribution in [2.45, 2.75) is 19.0 Å². The normalized spacial score (nSPS) is 15.2. The first kappa shape index (κ1) is 27.6. The van der Waals surface area contributed by atoms with Gasteiger partial charge >= 0.3 is 0 Å². The fourth-order valence-electron chi connectivity index (χ4n) is 4.74. The second-order valence-electron chi connectivity index (χ2n) is 9.59. The number of nitrogens with two attached hydrogens (primary N) is 1. The van der Waals surface area contributed by atoms with Gasteiger partial charge in [0.25, 0.3) is 0 Å². The van der Waals surface area contributed by atoms with E-state index in [-0.39, 0.29) is 17.3 Å². The number of aliphatic hydroxyl groups is 1. The fourth-order valence-corrected chi connectivity index (χ4v) is 4.95. The first-order valence-electron chi connectivity index (χ1n) is 12.8. The number of carbonyl (C=O) groups is 1. The molecule has 5 rings (SSSR count). The number of anilines is 2. The maximum atomic E-state index is 15.2. The summed E-state index contributed by atoms with van der Waals surface area (Å²) in [6.45, 7) is 3.24. The summed E-state index contributed by atoms with van der Waals surface area (Å²) in [6.07, 6.45) is 4.51. The first-order chi connectivity index (χ1) is 19.3. The lowest BCUT2D eigenvalue weighted by atomic mass is 10.0. The molecule has 12 heteroatoms. The van der Waals surface area contributed by atoms with Gasteiger partial charge in [0.2, 0.25) is 11.9 Å². The van der Waals surface area contributed by atoms with Crippen LogP contribution in [0.1, 0.15) is 18.5 Å². The Labute approximate surface area is 234 Å². The van der Waals surface area contributed by atoms with E-state index in [4.69, 9.17) is 22.4 Å². The first-order valence-corrected chi connectivity index (χ1v) is 13.2. The van der Waals surface area contributed by atoms with Gasteiger partial charge in [-0.25, -0.2) is 18.7 Å². The minimum Gasteiger partial charge on any atom is -0.394 e. The number of nitrogens with zero attached hydrogens (tertiary/aromatic N) is 5. The number of carbonyl (C=O) groups excluding carboxylic acids is 1. The van der Waals surface area contributed by atoms with Crippen molar-refractivity contribution < 1.29 is 18.7 Å². The number of rotatable bonds is 7. The van der Waals surface area contributed by atoms with Gasteiger partial charge in [0.1, 0.15) is 17.7 Å². The van der Waals surface area contributed by atoms with E-state index in [1.165, 1.54) is 18.3 Å². The Morgan fingerprint density at radius 2 is 1.77 bits per heavy atom. The Kier molecular flexibility index (Phi) is 8.06. The summed E-state index contributed by atoms with van der Waals surface area (Å²) in [5, 5.41) is 13.3. The van der Waals surface area contributed by atoms with Crippen molar-refractivity contribution in [1.82, 2.24) is 19.9 Å². The molecule has 0 aliphatic carbocycles. The minimum absolute atomic E-state index is 0.262. The van der Waals surface area contributed by atoms with Crippen molar-refractivity contribution in [2.24, 2.45) is 5.73 Å². The molecule has 0 bridgehead atoms. The molecule has 1 amide bonds. The molecule has 4 N–H and O–H groups in total. The van der Waals surface area contributed by atoms with Gasteiger partial charge in [-0.05, 0) is 19.1 Å². The number of piperazine rings is 1. The third kappa shape index (κ3) is 5.53. The van der Waals surface area contributed by atoms with Crippen molar-refractivity contribution in [3.63, 3.8) is 0 Å². The highest BCUT2D eigenvalue weighted by Gasteiger charge is 2.26. The molecular formula is C28H28ClF2N7O2. The summed E-state index contributed by atoms with van der Waals surface area (Å²) in [5.41, 5.74) is 7.73. The average molecular weight is 568 g/mol. The van der Waals surface area contributed by atoms with E-state index in [1.54, 1.807) is 41.6 Å². The van der Waals surface area contributed by atoms with Gasteiger partial charge in [-0.2, -0.15) is 0 Å². The topological polar surface area (TPSA) is 121 Å². The van der Waals surface area contributed by atoms with Crippen LogP contribution in [0.4, 0.5) is 20.4 Å². The number of aliphatic hydroxyl groups excluding tert-OH is 1. The SMILES string of the molecule is CC(Nc1c(Cl)cnc2cc(F)c(-c3cnc(N4CCN(C(=O)C(N)CO)CC4)nc3)cc12)c1ccccc1F. The van der Waals surface area contributed by atoms with E-state index in [0.29, 0.717) is 64.9 Å². The minimum atomic E-state index is -0.928. The van der Waals surface area contributed by atoms with Gasteiger partial charge in [-0.3, -0.25) is 9.78 Å². The second-order valence-corrected chi connectivity index (χ2v) is 10.00. The van der Waals surface area contributed by atoms with Crippen molar-refractivity contribution in [1.29, 1.82) is 0 Å². The molecule has 1 aliphatic rings. The largest absolute Gasteiger partial charge is 0.394 e. The Balaban J connectivity index is 1.39. The van der Waals surface area contributed by atoms with Crippen molar-refractivity contribution in [2.75, 3.05) is 43.0 Å². The van der Waals surface area contributed by atoms with Crippen LogP contribution in [-0.4, -0.2) is 69.7 Å². The summed E-state index contributed by atoms with van der Waals surface area (Å²) < 4.78 is 29.6. The van der Waals surface area contributed by atoms with E-state index in [1.807, 2.05) is 11.8 Å². The molecular weight excluding hydrogens is 540 g/mol. The van der Waals surface area contributed by atoms with Crippen LogP contribution in [0.2, 0.25) is 5.02 Å². The highest BCUT2D eigenvalue weighted by Crippen LogP contribution is 2.36. The third-order valence-electron chi connectivity index (χ3n) is 6.98. The summed E-state index contributed by atoms with van der Waals surface area (Å²) in [7, 11) is 0. The summed E-state index contributed by atoms with van der Waals surface area (Å²) in [4.78, 5) is 28.9. The lowest BCUT2D eigenvalue weighted by Gasteiger charge is -2.35. The monoisotopic (exact) mass is 567 g/mol. The van der Waals surface area contributed by atoms with E-state index in [9.17, 15) is 9.18 Å². The van der Waals surface area contributed by atoms with Crippen molar-refractivity contribution in [3.05, 3.63) is 77.2 Å². The lowest BCUT2D eigenvalue weighted by Crippen LogP contribution is -2.54. The van der Waals surface area contributed by atoms with Gasteiger partial charge in [-0.1, -0.05) is 29.8 Å². The van der Waals surface area contributed by atoms with Gasteiger partial charge in [-0.15, -0.1) is 0 Å². The fraction of sp³-hybridized carbons (Fsp3) is 0.286. The third-order valence-corrected chi connectivity index (χ3v) is 7.27. The van der Waals surface area contributed by atoms with Crippen molar-refractivity contribution in [3.8, 4) is 11.1 Å². The number of aromatic nitrogens is 3. The average Bonchev–Trinajstić information content (AvgIpc) is 2.98. The number of hydrogen-bond acceptors (Lipinski definition) is 8.